The van der Waals surface area contributed by atoms with E-state index in [-0.39, 0.29) is 31.8 Å². The van der Waals surface area contributed by atoms with Crippen molar-refractivity contribution in [1.29, 1.82) is 5.26 Å². The summed E-state index contributed by atoms with van der Waals surface area (Å²) in [4.78, 5) is 25.9. The molecule has 1 aromatic heterocycles. The molecule has 1 aliphatic heterocycles. The molecule has 0 unspecified atom stereocenters. The Morgan fingerprint density at radius 1 is 1.42 bits per heavy atom. The zero-order chi connectivity index (χ0) is 22.4. The molecule has 31 heavy (non-hydrogen) atoms. The Hall–Kier alpha value is -3.33. The number of nitriles is 1. The van der Waals surface area contributed by atoms with Crippen molar-refractivity contribution in [3.8, 4) is 6.07 Å². The minimum Gasteiger partial charge on any atom is -0.464 e. The molecule has 2 atom stereocenters. The molecule has 3 rings (SSSR count). The van der Waals surface area contributed by atoms with Gasteiger partial charge in [0.2, 0.25) is 0 Å². The van der Waals surface area contributed by atoms with Gasteiger partial charge in [0, 0.05) is 11.9 Å². The second-order valence-electron chi connectivity index (χ2n) is 7.04. The van der Waals surface area contributed by atoms with Crippen molar-refractivity contribution < 1.29 is 33.5 Å². The Morgan fingerprint density at radius 3 is 2.94 bits per heavy atom. The average Bonchev–Trinajstić information content (AvgIpc) is 3.19. The topological polar surface area (TPSA) is 145 Å². The number of hydrogen-bond donors (Lipinski definition) is 3. The number of hydrogen-bond acceptors (Lipinski definition) is 8. The van der Waals surface area contributed by atoms with Crippen molar-refractivity contribution in [1.82, 2.24) is 10.2 Å². The van der Waals surface area contributed by atoms with Crippen LogP contribution in [0.25, 0.3) is 11.0 Å². The van der Waals surface area contributed by atoms with E-state index in [1.807, 2.05) is 18.2 Å². The van der Waals surface area contributed by atoms with Gasteiger partial charge in [-0.2, -0.15) is 5.26 Å². The van der Waals surface area contributed by atoms with Gasteiger partial charge in [-0.15, -0.1) is 0 Å². The average molecular weight is 427 g/mol. The molecule has 2 heterocycles. The van der Waals surface area contributed by atoms with Gasteiger partial charge >= 0.3 is 13.2 Å². The number of amides is 2. The Balaban J connectivity index is 1.59. The summed E-state index contributed by atoms with van der Waals surface area (Å²) in [5, 5.41) is 31.5. The van der Waals surface area contributed by atoms with Crippen LogP contribution in [-0.2, 0) is 20.7 Å². The van der Waals surface area contributed by atoms with E-state index in [9.17, 15) is 19.6 Å². The van der Waals surface area contributed by atoms with E-state index in [0.717, 1.165) is 5.39 Å². The number of furan rings is 1. The van der Waals surface area contributed by atoms with Gasteiger partial charge in [-0.05, 0) is 18.1 Å². The number of benzene rings is 1. The van der Waals surface area contributed by atoms with E-state index < -0.39 is 31.1 Å². The van der Waals surface area contributed by atoms with Crippen molar-refractivity contribution in [2.45, 2.75) is 18.4 Å². The van der Waals surface area contributed by atoms with Gasteiger partial charge in [0.05, 0.1) is 31.5 Å². The van der Waals surface area contributed by atoms with E-state index in [2.05, 4.69) is 11.9 Å². The third kappa shape index (κ3) is 5.43. The highest BCUT2D eigenvalue weighted by Crippen LogP contribution is 2.22. The van der Waals surface area contributed by atoms with Gasteiger partial charge in [-0.3, -0.25) is 4.79 Å². The highest BCUT2D eigenvalue weighted by atomic mass is 16.6. The SMILES string of the molecule is C=C(C#N)C(=O)N1CCOC[C@@H]1COC(=O)N[C@@H](Cc1coc2ccccc12)B(O)O. The van der Waals surface area contributed by atoms with E-state index in [4.69, 9.17) is 19.2 Å². The highest BCUT2D eigenvalue weighted by molar-refractivity contribution is 6.43. The number of carbonyl (C=O) groups excluding carboxylic acids is 2. The fourth-order valence-electron chi connectivity index (χ4n) is 3.31. The lowest BCUT2D eigenvalue weighted by atomic mass is 9.76. The second kappa shape index (κ2) is 10.1. The smallest absolute Gasteiger partial charge is 0.464 e. The van der Waals surface area contributed by atoms with Crippen molar-refractivity contribution in [3.05, 3.63) is 48.2 Å². The zero-order valence-electron chi connectivity index (χ0n) is 16.7. The third-order valence-corrected chi connectivity index (χ3v) is 4.95. The van der Waals surface area contributed by atoms with Gasteiger partial charge in [0.1, 0.15) is 23.8 Å². The monoisotopic (exact) mass is 427 g/mol. The zero-order valence-corrected chi connectivity index (χ0v) is 16.7. The molecule has 0 saturated carbocycles. The largest absolute Gasteiger partial charge is 0.475 e. The van der Waals surface area contributed by atoms with Crippen LogP contribution in [-0.4, -0.2) is 72.4 Å². The molecule has 10 nitrogen and oxygen atoms in total. The van der Waals surface area contributed by atoms with E-state index in [1.165, 1.54) is 11.2 Å². The molecular weight excluding hydrogens is 405 g/mol. The fourth-order valence-corrected chi connectivity index (χ4v) is 3.31. The maximum absolute atomic E-state index is 12.3. The van der Waals surface area contributed by atoms with Gasteiger partial charge in [0.25, 0.3) is 5.91 Å². The number of morpholine rings is 1. The number of alkyl carbamates (subject to hydrolysis) is 1. The second-order valence-corrected chi connectivity index (χ2v) is 7.04. The predicted octanol–water partition coefficient (Wildman–Crippen LogP) is 0.389. The quantitative estimate of drug-likeness (QED) is 0.327. The number of fused-ring (bicyclic) bond motifs is 1. The van der Waals surface area contributed by atoms with Crippen LogP contribution in [0.2, 0.25) is 0 Å². The molecule has 1 aliphatic rings. The number of nitrogens with zero attached hydrogens (tertiary/aromatic N) is 2. The van der Waals surface area contributed by atoms with Crippen LogP contribution in [0.1, 0.15) is 5.56 Å². The number of ether oxygens (including phenoxy) is 2. The molecule has 3 N–H and O–H groups in total. The Bertz CT molecular complexity index is 1000. The summed E-state index contributed by atoms with van der Waals surface area (Å²) in [5.74, 6) is -1.59. The summed E-state index contributed by atoms with van der Waals surface area (Å²) in [6.07, 6.45) is 0.712. The summed E-state index contributed by atoms with van der Waals surface area (Å²) in [7, 11) is -1.84. The first-order valence-electron chi connectivity index (χ1n) is 9.63. The summed E-state index contributed by atoms with van der Waals surface area (Å²) < 4.78 is 15.9. The summed E-state index contributed by atoms with van der Waals surface area (Å²) in [5.41, 5.74) is 1.13. The van der Waals surface area contributed by atoms with Crippen molar-refractivity contribution >= 4 is 30.1 Å². The van der Waals surface area contributed by atoms with Gasteiger partial charge in [0.15, 0.2) is 0 Å². The van der Waals surface area contributed by atoms with Crippen molar-refractivity contribution in [2.24, 2.45) is 0 Å². The Labute approximate surface area is 178 Å². The number of carbonyl (C=O) groups is 2. The van der Waals surface area contributed by atoms with Crippen LogP contribution < -0.4 is 5.32 Å². The van der Waals surface area contributed by atoms with Crippen LogP contribution >= 0.6 is 0 Å². The number of nitrogens with one attached hydrogen (secondary N) is 1. The molecule has 0 bridgehead atoms. The Kier molecular flexibility index (Phi) is 7.30. The summed E-state index contributed by atoms with van der Waals surface area (Å²) in [6.45, 7) is 3.88. The third-order valence-electron chi connectivity index (χ3n) is 4.95. The highest BCUT2D eigenvalue weighted by Gasteiger charge is 2.31. The molecule has 0 spiro atoms. The summed E-state index contributed by atoms with van der Waals surface area (Å²) in [6, 6.07) is 8.38. The fraction of sp³-hybridized carbons (Fsp3) is 0.350. The molecular formula is C20H22BN3O7. The van der Waals surface area contributed by atoms with E-state index in [0.29, 0.717) is 17.8 Å². The molecule has 1 fully saturated rings. The first kappa shape index (κ1) is 22.4. The molecule has 0 aliphatic carbocycles. The first-order chi connectivity index (χ1) is 14.9. The minimum atomic E-state index is -1.84. The van der Waals surface area contributed by atoms with Crippen LogP contribution in [0.3, 0.4) is 0 Å². The normalized spacial score (nSPS) is 16.9. The molecule has 0 radical (unpaired) electrons. The lowest BCUT2D eigenvalue weighted by Crippen LogP contribution is -2.53. The number of para-hydroxylation sites is 1. The summed E-state index contributed by atoms with van der Waals surface area (Å²) >= 11 is 0. The lowest BCUT2D eigenvalue weighted by molar-refractivity contribution is -0.137. The molecule has 2 aromatic rings. The molecule has 162 valence electrons. The lowest BCUT2D eigenvalue weighted by Gasteiger charge is -2.35. The van der Waals surface area contributed by atoms with E-state index in [1.54, 1.807) is 12.1 Å². The van der Waals surface area contributed by atoms with Crippen LogP contribution in [0.4, 0.5) is 4.79 Å². The van der Waals surface area contributed by atoms with E-state index >= 15 is 0 Å². The van der Waals surface area contributed by atoms with Crippen molar-refractivity contribution in [3.63, 3.8) is 0 Å². The van der Waals surface area contributed by atoms with Gasteiger partial charge in [-0.1, -0.05) is 24.8 Å². The minimum absolute atomic E-state index is 0.100. The molecule has 11 heteroatoms. The van der Waals surface area contributed by atoms with Gasteiger partial charge < -0.3 is 34.2 Å². The molecule has 2 amide bonds. The van der Waals surface area contributed by atoms with Crippen LogP contribution in [0, 0.1) is 11.3 Å². The van der Waals surface area contributed by atoms with Crippen LogP contribution in [0.5, 0.6) is 0 Å². The van der Waals surface area contributed by atoms with Crippen LogP contribution in [0.15, 0.2) is 47.1 Å². The Morgan fingerprint density at radius 2 is 2.19 bits per heavy atom. The van der Waals surface area contributed by atoms with Gasteiger partial charge in [-0.25, -0.2) is 4.79 Å². The van der Waals surface area contributed by atoms with Crippen molar-refractivity contribution in [2.75, 3.05) is 26.4 Å². The standard InChI is InChI=1S/C20H22BN3O7/c1-13(9-22)19(25)24-6-7-29-11-15(24)12-31-20(26)23-18(21(27)28)8-14-10-30-17-5-3-2-4-16(14)17/h2-5,10,15,18,27-28H,1,6-8,11-12H2,(H,23,26)/t15-,18+/m1/s1. The number of rotatable bonds is 7. The molecule has 1 saturated heterocycles. The predicted molar refractivity (Wildman–Crippen MR) is 109 cm³/mol. The maximum atomic E-state index is 12.3. The first-order valence-corrected chi connectivity index (χ1v) is 9.63. The maximum Gasteiger partial charge on any atom is 0.475 e. The molecule has 1 aromatic carbocycles.